The van der Waals surface area contributed by atoms with Crippen LogP contribution in [0.4, 0.5) is 11.5 Å². The van der Waals surface area contributed by atoms with Crippen LogP contribution in [0.3, 0.4) is 0 Å². The van der Waals surface area contributed by atoms with E-state index < -0.39 is 0 Å². The number of nitriles is 1. The van der Waals surface area contributed by atoms with E-state index in [2.05, 4.69) is 18.0 Å². The van der Waals surface area contributed by atoms with Crippen LogP contribution in [0, 0.1) is 11.3 Å². The summed E-state index contributed by atoms with van der Waals surface area (Å²) >= 11 is 1.29. The van der Waals surface area contributed by atoms with Crippen molar-refractivity contribution in [3.63, 3.8) is 0 Å². The van der Waals surface area contributed by atoms with Crippen molar-refractivity contribution in [3.8, 4) is 6.07 Å². The summed E-state index contributed by atoms with van der Waals surface area (Å²) in [6.45, 7) is 6.86. The zero-order valence-electron chi connectivity index (χ0n) is 15.5. The summed E-state index contributed by atoms with van der Waals surface area (Å²) in [7, 11) is 0. The van der Waals surface area contributed by atoms with Gasteiger partial charge in [-0.15, -0.1) is 11.3 Å². The monoisotopic (exact) mass is 371 g/mol. The number of nitrogens with zero attached hydrogens (tertiary/aromatic N) is 3. The summed E-state index contributed by atoms with van der Waals surface area (Å²) in [4.78, 5) is 20.7. The molecule has 0 radical (unpaired) electrons. The molecule has 1 aliphatic rings. The molecule has 1 amide bonds. The van der Waals surface area contributed by atoms with Crippen molar-refractivity contribution in [2.75, 3.05) is 18.0 Å². The fraction of sp³-hybridized carbons (Fsp3) is 0.526. The molecule has 2 aromatic heterocycles. The molecule has 3 rings (SSSR count). The van der Waals surface area contributed by atoms with E-state index in [0.29, 0.717) is 26.3 Å². The highest BCUT2D eigenvalue weighted by molar-refractivity contribution is 7.21. The number of carbonyl (C=O) groups is 1. The highest BCUT2D eigenvalue weighted by Gasteiger charge is 2.31. The molecule has 3 heterocycles. The summed E-state index contributed by atoms with van der Waals surface area (Å²) in [5, 5.41) is 10.2. The van der Waals surface area contributed by atoms with Crippen LogP contribution in [0.2, 0.25) is 0 Å². The number of likely N-dealkylation sites (tertiary alicyclic amines) is 1. The van der Waals surface area contributed by atoms with E-state index in [9.17, 15) is 10.1 Å². The summed E-state index contributed by atoms with van der Waals surface area (Å²) < 4.78 is 0. The minimum absolute atomic E-state index is 0.0242. The van der Waals surface area contributed by atoms with Crippen molar-refractivity contribution >= 4 is 39.0 Å². The molecule has 138 valence electrons. The number of aromatic nitrogens is 1. The molecule has 0 aromatic carbocycles. The Labute approximate surface area is 157 Å². The van der Waals surface area contributed by atoms with Gasteiger partial charge in [-0.25, -0.2) is 4.98 Å². The van der Waals surface area contributed by atoms with Gasteiger partial charge >= 0.3 is 0 Å². The minimum atomic E-state index is -0.0242. The average Bonchev–Trinajstić information content (AvgIpc) is 2.95. The Bertz CT molecular complexity index is 896. The number of rotatable bonds is 3. The second-order valence-corrected chi connectivity index (χ2v) is 8.13. The first-order chi connectivity index (χ1) is 12.4. The zero-order chi connectivity index (χ0) is 19.0. The second kappa shape index (κ2) is 7.12. The van der Waals surface area contributed by atoms with Gasteiger partial charge in [-0.05, 0) is 37.2 Å². The number of amides is 1. The van der Waals surface area contributed by atoms with Gasteiger partial charge < -0.3 is 16.4 Å². The molecule has 0 saturated carbocycles. The van der Waals surface area contributed by atoms with E-state index in [1.807, 2.05) is 18.7 Å². The number of fused-ring (bicyclic) bond motifs is 1. The summed E-state index contributed by atoms with van der Waals surface area (Å²) in [5.74, 6) is 0.230. The fourth-order valence-electron chi connectivity index (χ4n) is 3.88. The standard InChI is InChI=1S/C19H25N5OS/c1-4-11-7-5-6-8-24(11)19(25)16-15(21)14-13(10(2)3)12(9-20)17(22)23-18(14)26-16/h10-11H,4-8,21H2,1-3H3,(H2,22,23). The normalized spacial score (nSPS) is 17.7. The second-order valence-electron chi connectivity index (χ2n) is 7.13. The van der Waals surface area contributed by atoms with E-state index in [0.717, 1.165) is 37.8 Å². The maximum atomic E-state index is 13.2. The molecule has 0 spiro atoms. The molecule has 1 unspecified atom stereocenters. The molecular formula is C19H25N5OS. The van der Waals surface area contributed by atoms with Gasteiger partial charge in [0.25, 0.3) is 5.91 Å². The highest BCUT2D eigenvalue weighted by Crippen LogP contribution is 2.41. The van der Waals surface area contributed by atoms with Crippen molar-refractivity contribution in [1.82, 2.24) is 9.88 Å². The van der Waals surface area contributed by atoms with E-state index in [1.54, 1.807) is 0 Å². The fourth-order valence-corrected chi connectivity index (χ4v) is 4.95. The Hall–Kier alpha value is -2.33. The summed E-state index contributed by atoms with van der Waals surface area (Å²) in [5.41, 5.74) is 14.0. The van der Waals surface area contributed by atoms with Crippen LogP contribution in [0.25, 0.3) is 10.2 Å². The quantitative estimate of drug-likeness (QED) is 0.851. The first kappa shape index (κ1) is 18.5. The van der Waals surface area contributed by atoms with Crippen molar-refractivity contribution < 1.29 is 4.79 Å². The number of nitrogens with two attached hydrogens (primary N) is 2. The molecule has 4 N–H and O–H groups in total. The smallest absolute Gasteiger partial charge is 0.266 e. The van der Waals surface area contributed by atoms with Gasteiger partial charge in [0.1, 0.15) is 21.6 Å². The van der Waals surface area contributed by atoms with Gasteiger partial charge in [0.2, 0.25) is 0 Å². The van der Waals surface area contributed by atoms with Crippen LogP contribution >= 0.6 is 11.3 Å². The van der Waals surface area contributed by atoms with E-state index in [-0.39, 0.29) is 23.7 Å². The number of piperidine rings is 1. The minimum Gasteiger partial charge on any atom is -0.397 e. The Kier molecular flexibility index (Phi) is 5.05. The number of hydrogen-bond acceptors (Lipinski definition) is 6. The molecule has 1 aliphatic heterocycles. The first-order valence-corrected chi connectivity index (χ1v) is 9.94. The predicted octanol–water partition coefficient (Wildman–Crippen LogP) is 3.86. The maximum Gasteiger partial charge on any atom is 0.266 e. The molecule has 1 saturated heterocycles. The number of nitrogen functional groups attached to an aromatic ring is 2. The van der Waals surface area contributed by atoms with Gasteiger partial charge in [0, 0.05) is 18.0 Å². The lowest BCUT2D eigenvalue weighted by molar-refractivity contribution is 0.0614. The van der Waals surface area contributed by atoms with E-state index >= 15 is 0 Å². The largest absolute Gasteiger partial charge is 0.397 e. The predicted molar refractivity (Wildman–Crippen MR) is 106 cm³/mol. The lowest BCUT2D eigenvalue weighted by Gasteiger charge is -2.35. The molecule has 26 heavy (non-hydrogen) atoms. The number of pyridine rings is 1. The molecule has 0 bridgehead atoms. The van der Waals surface area contributed by atoms with Gasteiger partial charge in [0.15, 0.2) is 0 Å². The van der Waals surface area contributed by atoms with E-state index in [4.69, 9.17) is 11.5 Å². The molecule has 6 nitrogen and oxygen atoms in total. The summed E-state index contributed by atoms with van der Waals surface area (Å²) in [6.07, 6.45) is 4.16. The van der Waals surface area contributed by atoms with Gasteiger partial charge in [-0.1, -0.05) is 20.8 Å². The number of hydrogen-bond donors (Lipinski definition) is 2. The Morgan fingerprint density at radius 3 is 2.77 bits per heavy atom. The van der Waals surface area contributed by atoms with Crippen molar-refractivity contribution in [2.24, 2.45) is 0 Å². The van der Waals surface area contributed by atoms with E-state index in [1.165, 1.54) is 11.3 Å². The molecular weight excluding hydrogens is 346 g/mol. The Morgan fingerprint density at radius 1 is 1.42 bits per heavy atom. The third-order valence-electron chi connectivity index (χ3n) is 5.19. The molecule has 7 heteroatoms. The van der Waals surface area contributed by atoms with Crippen molar-refractivity contribution in [1.29, 1.82) is 5.26 Å². The van der Waals surface area contributed by atoms with Crippen LogP contribution in [0.15, 0.2) is 0 Å². The summed E-state index contributed by atoms with van der Waals surface area (Å²) in [6, 6.07) is 2.41. The number of anilines is 2. The zero-order valence-corrected chi connectivity index (χ0v) is 16.3. The lowest BCUT2D eigenvalue weighted by atomic mass is 9.94. The Balaban J connectivity index is 2.17. The SMILES string of the molecule is CCC1CCCCN1C(=O)c1sc2nc(N)c(C#N)c(C(C)C)c2c1N. The topological polar surface area (TPSA) is 109 Å². The van der Waals surface area contributed by atoms with Crippen LogP contribution < -0.4 is 11.5 Å². The molecule has 1 fully saturated rings. The van der Waals surface area contributed by atoms with Crippen LogP contribution in [0.5, 0.6) is 0 Å². The number of carbonyl (C=O) groups excluding carboxylic acids is 1. The van der Waals surface area contributed by atoms with Crippen LogP contribution in [-0.2, 0) is 0 Å². The molecule has 1 atom stereocenters. The molecule has 2 aromatic rings. The first-order valence-electron chi connectivity index (χ1n) is 9.13. The van der Waals surface area contributed by atoms with Crippen LogP contribution in [-0.4, -0.2) is 28.4 Å². The third kappa shape index (κ3) is 2.88. The lowest BCUT2D eigenvalue weighted by Crippen LogP contribution is -2.43. The van der Waals surface area contributed by atoms with Crippen molar-refractivity contribution in [3.05, 3.63) is 16.0 Å². The third-order valence-corrected chi connectivity index (χ3v) is 6.27. The Morgan fingerprint density at radius 2 is 2.15 bits per heavy atom. The maximum absolute atomic E-state index is 13.2. The molecule has 0 aliphatic carbocycles. The van der Waals surface area contributed by atoms with Gasteiger partial charge in [-0.3, -0.25) is 4.79 Å². The van der Waals surface area contributed by atoms with Gasteiger partial charge in [0.05, 0.1) is 11.3 Å². The average molecular weight is 372 g/mol. The van der Waals surface area contributed by atoms with Crippen molar-refractivity contribution in [2.45, 2.75) is 58.4 Å². The van der Waals surface area contributed by atoms with Gasteiger partial charge in [-0.2, -0.15) is 5.26 Å². The number of thiophene rings is 1. The highest BCUT2D eigenvalue weighted by atomic mass is 32.1. The van der Waals surface area contributed by atoms with Crippen LogP contribution in [0.1, 0.15) is 73.2 Å².